The summed E-state index contributed by atoms with van der Waals surface area (Å²) in [6.45, 7) is 3.05. The number of carbonyl (C=O) groups excluding carboxylic acids is 1. The van der Waals surface area contributed by atoms with Crippen molar-refractivity contribution in [3.63, 3.8) is 0 Å². The largest absolute Gasteiger partial charge is 0.312 e. The molecule has 0 N–H and O–H groups in total. The van der Waals surface area contributed by atoms with Crippen LogP contribution in [-0.4, -0.2) is 12.5 Å². The molecule has 0 spiro atoms. The SMILES string of the molecule is Cc1ccc2c(c1)CCCN2C(=O)C1CC2CC2C1. The lowest BCUT2D eigenvalue weighted by atomic mass is 9.96. The number of fused-ring (bicyclic) bond motifs is 2. The van der Waals surface area contributed by atoms with Crippen LogP contribution in [-0.2, 0) is 11.2 Å². The van der Waals surface area contributed by atoms with E-state index in [1.165, 1.54) is 23.2 Å². The summed E-state index contributed by atoms with van der Waals surface area (Å²) >= 11 is 0. The fourth-order valence-electron chi connectivity index (χ4n) is 4.09. The molecule has 4 rings (SSSR count). The van der Waals surface area contributed by atoms with Gasteiger partial charge in [0, 0.05) is 18.2 Å². The number of hydrogen-bond acceptors (Lipinski definition) is 1. The van der Waals surface area contributed by atoms with E-state index in [1.54, 1.807) is 0 Å². The van der Waals surface area contributed by atoms with Crippen molar-refractivity contribution in [2.24, 2.45) is 17.8 Å². The molecule has 1 aromatic carbocycles. The maximum absolute atomic E-state index is 12.7. The van der Waals surface area contributed by atoms with Gasteiger partial charge in [0.05, 0.1) is 0 Å². The second-order valence-electron chi connectivity index (χ2n) is 6.65. The third kappa shape index (κ3) is 1.89. The summed E-state index contributed by atoms with van der Waals surface area (Å²) in [6.07, 6.45) is 5.93. The van der Waals surface area contributed by atoms with Gasteiger partial charge in [-0.1, -0.05) is 17.7 Å². The van der Waals surface area contributed by atoms with E-state index < -0.39 is 0 Å². The molecule has 2 aliphatic carbocycles. The van der Waals surface area contributed by atoms with Crippen LogP contribution >= 0.6 is 0 Å². The monoisotopic (exact) mass is 255 g/mol. The minimum absolute atomic E-state index is 0.316. The van der Waals surface area contributed by atoms with Gasteiger partial charge in [0.1, 0.15) is 0 Å². The van der Waals surface area contributed by atoms with Crippen LogP contribution in [0.3, 0.4) is 0 Å². The van der Waals surface area contributed by atoms with E-state index in [-0.39, 0.29) is 0 Å². The highest BCUT2D eigenvalue weighted by atomic mass is 16.2. The zero-order chi connectivity index (χ0) is 13.0. The van der Waals surface area contributed by atoms with Crippen molar-refractivity contribution in [2.45, 2.75) is 39.0 Å². The molecule has 2 atom stereocenters. The summed E-state index contributed by atoms with van der Waals surface area (Å²) in [5, 5.41) is 0. The predicted octanol–water partition coefficient (Wildman–Crippen LogP) is 3.32. The highest BCUT2D eigenvalue weighted by Crippen LogP contribution is 2.54. The summed E-state index contributed by atoms with van der Waals surface area (Å²) in [5.74, 6) is 2.49. The molecule has 19 heavy (non-hydrogen) atoms. The lowest BCUT2D eigenvalue weighted by molar-refractivity contribution is -0.122. The van der Waals surface area contributed by atoms with Gasteiger partial charge in [-0.25, -0.2) is 0 Å². The molecular weight excluding hydrogens is 234 g/mol. The zero-order valence-electron chi connectivity index (χ0n) is 11.6. The van der Waals surface area contributed by atoms with E-state index in [1.807, 2.05) is 0 Å². The van der Waals surface area contributed by atoms with Crippen LogP contribution in [0.15, 0.2) is 18.2 Å². The summed E-state index contributed by atoms with van der Waals surface area (Å²) in [5.41, 5.74) is 3.85. The Balaban J connectivity index is 1.60. The Morgan fingerprint density at radius 3 is 2.79 bits per heavy atom. The Labute approximate surface area is 114 Å². The highest BCUT2D eigenvalue weighted by Gasteiger charge is 2.49. The van der Waals surface area contributed by atoms with Gasteiger partial charge >= 0.3 is 0 Å². The molecule has 2 saturated carbocycles. The van der Waals surface area contributed by atoms with Crippen molar-refractivity contribution in [1.29, 1.82) is 0 Å². The van der Waals surface area contributed by atoms with Crippen LogP contribution in [0.1, 0.15) is 36.8 Å². The molecule has 1 heterocycles. The van der Waals surface area contributed by atoms with Crippen LogP contribution in [0.2, 0.25) is 0 Å². The first kappa shape index (κ1) is 11.5. The first-order valence-electron chi connectivity index (χ1n) is 7.63. The van der Waals surface area contributed by atoms with E-state index in [2.05, 4.69) is 30.0 Å². The molecule has 1 aromatic rings. The van der Waals surface area contributed by atoms with Gasteiger partial charge in [-0.3, -0.25) is 4.79 Å². The van der Waals surface area contributed by atoms with Crippen molar-refractivity contribution >= 4 is 11.6 Å². The van der Waals surface area contributed by atoms with Crippen LogP contribution in [0.4, 0.5) is 5.69 Å². The van der Waals surface area contributed by atoms with E-state index in [9.17, 15) is 4.79 Å². The molecule has 0 aromatic heterocycles. The van der Waals surface area contributed by atoms with Gasteiger partial charge in [-0.2, -0.15) is 0 Å². The second-order valence-corrected chi connectivity index (χ2v) is 6.65. The Morgan fingerprint density at radius 1 is 1.21 bits per heavy atom. The Bertz CT molecular complexity index is 526. The van der Waals surface area contributed by atoms with Crippen LogP contribution < -0.4 is 4.90 Å². The number of carbonyl (C=O) groups is 1. The fraction of sp³-hybridized carbons (Fsp3) is 0.588. The molecule has 0 bridgehead atoms. The Kier molecular flexibility index (Phi) is 2.48. The van der Waals surface area contributed by atoms with E-state index in [4.69, 9.17) is 0 Å². The molecule has 2 nitrogen and oxygen atoms in total. The molecule has 0 radical (unpaired) electrons. The number of benzene rings is 1. The number of anilines is 1. The average Bonchev–Trinajstić information content (AvgIpc) is 3.03. The third-order valence-corrected chi connectivity index (χ3v) is 5.21. The van der Waals surface area contributed by atoms with Crippen molar-refractivity contribution < 1.29 is 4.79 Å². The molecule has 2 heteroatoms. The van der Waals surface area contributed by atoms with Crippen LogP contribution in [0.25, 0.3) is 0 Å². The molecule has 2 fully saturated rings. The molecule has 100 valence electrons. The van der Waals surface area contributed by atoms with Gasteiger partial charge in [0.2, 0.25) is 5.91 Å². The first-order valence-corrected chi connectivity index (χ1v) is 7.63. The Morgan fingerprint density at radius 2 is 2.00 bits per heavy atom. The number of nitrogens with zero attached hydrogens (tertiary/aromatic N) is 1. The van der Waals surface area contributed by atoms with E-state index >= 15 is 0 Å². The van der Waals surface area contributed by atoms with Crippen LogP contribution in [0, 0.1) is 24.7 Å². The van der Waals surface area contributed by atoms with Gasteiger partial charge in [0.15, 0.2) is 0 Å². The standard InChI is InChI=1S/C17H21NO/c1-11-4-5-16-12(7-11)3-2-6-18(16)17(19)15-9-13-8-14(13)10-15/h4-5,7,13-15H,2-3,6,8-10H2,1H3. The summed E-state index contributed by atoms with van der Waals surface area (Å²) in [4.78, 5) is 14.8. The highest BCUT2D eigenvalue weighted by molar-refractivity contribution is 5.96. The summed E-state index contributed by atoms with van der Waals surface area (Å²) in [6, 6.07) is 6.54. The minimum atomic E-state index is 0.316. The molecule has 0 saturated heterocycles. The molecule has 2 unspecified atom stereocenters. The smallest absolute Gasteiger partial charge is 0.230 e. The van der Waals surface area contributed by atoms with Gasteiger partial charge in [-0.05, 0) is 62.5 Å². The van der Waals surface area contributed by atoms with E-state index in [0.29, 0.717) is 11.8 Å². The lowest BCUT2D eigenvalue weighted by Crippen LogP contribution is -2.39. The van der Waals surface area contributed by atoms with Crippen molar-refractivity contribution in [1.82, 2.24) is 0 Å². The van der Waals surface area contributed by atoms with Gasteiger partial charge < -0.3 is 4.90 Å². The molecule has 1 aliphatic heterocycles. The van der Waals surface area contributed by atoms with Crippen molar-refractivity contribution in [3.05, 3.63) is 29.3 Å². The number of amides is 1. The minimum Gasteiger partial charge on any atom is -0.312 e. The average molecular weight is 255 g/mol. The van der Waals surface area contributed by atoms with Crippen molar-refractivity contribution in [2.75, 3.05) is 11.4 Å². The number of aryl methyl sites for hydroxylation is 2. The molecular formula is C17H21NO. The summed E-state index contributed by atoms with van der Waals surface area (Å²) < 4.78 is 0. The second kappa shape index (κ2) is 4.09. The quantitative estimate of drug-likeness (QED) is 0.754. The molecule has 1 amide bonds. The van der Waals surface area contributed by atoms with Gasteiger partial charge in [-0.15, -0.1) is 0 Å². The first-order chi connectivity index (χ1) is 9.22. The van der Waals surface area contributed by atoms with E-state index in [0.717, 1.165) is 44.1 Å². The maximum Gasteiger partial charge on any atom is 0.230 e. The van der Waals surface area contributed by atoms with Crippen LogP contribution in [0.5, 0.6) is 0 Å². The lowest BCUT2D eigenvalue weighted by Gasteiger charge is -2.32. The maximum atomic E-state index is 12.7. The third-order valence-electron chi connectivity index (χ3n) is 5.21. The predicted molar refractivity (Wildman–Crippen MR) is 76.2 cm³/mol. The summed E-state index contributed by atoms with van der Waals surface area (Å²) in [7, 11) is 0. The van der Waals surface area contributed by atoms with Crippen molar-refractivity contribution in [3.8, 4) is 0 Å². The zero-order valence-corrected chi connectivity index (χ0v) is 11.6. The molecule has 3 aliphatic rings. The number of hydrogen-bond donors (Lipinski definition) is 0. The number of rotatable bonds is 1. The topological polar surface area (TPSA) is 20.3 Å². The normalized spacial score (nSPS) is 31.8. The fourth-order valence-corrected chi connectivity index (χ4v) is 4.09. The van der Waals surface area contributed by atoms with Gasteiger partial charge in [0.25, 0.3) is 0 Å². The Hall–Kier alpha value is -1.31.